The standard InChI is InChI=1S/C15H18ClN3O/c1-4-20-9-10(2)19-13-7-5-6-12(8-17)14(13)18-15(19)11(3)16/h5-7,10-11H,4,9H2,1-3H3. The molecule has 1 aromatic heterocycles. The van der Waals surface area contributed by atoms with Crippen LogP contribution in [0.25, 0.3) is 11.0 Å². The lowest BCUT2D eigenvalue weighted by Gasteiger charge is -2.18. The van der Waals surface area contributed by atoms with E-state index in [1.54, 1.807) is 6.07 Å². The molecule has 0 saturated carbocycles. The Morgan fingerprint density at radius 2 is 2.20 bits per heavy atom. The Bertz CT molecular complexity index is 642. The molecule has 0 N–H and O–H groups in total. The molecule has 1 heterocycles. The number of nitriles is 1. The van der Waals surface area contributed by atoms with Crippen LogP contribution in [0.1, 0.15) is 43.6 Å². The molecular formula is C15H18ClN3O. The summed E-state index contributed by atoms with van der Waals surface area (Å²) in [4.78, 5) is 4.57. The average molecular weight is 292 g/mol. The van der Waals surface area contributed by atoms with Crippen LogP contribution in [0, 0.1) is 11.3 Å². The van der Waals surface area contributed by atoms with Crippen LogP contribution >= 0.6 is 11.6 Å². The number of hydrogen-bond acceptors (Lipinski definition) is 3. The zero-order valence-electron chi connectivity index (χ0n) is 11.9. The Balaban J connectivity index is 2.61. The van der Waals surface area contributed by atoms with Crippen molar-refractivity contribution in [2.24, 2.45) is 0 Å². The number of imidazole rings is 1. The van der Waals surface area contributed by atoms with Crippen molar-refractivity contribution >= 4 is 22.6 Å². The molecule has 106 valence electrons. The van der Waals surface area contributed by atoms with Gasteiger partial charge in [-0.1, -0.05) is 6.07 Å². The second-order valence-electron chi connectivity index (χ2n) is 4.75. The van der Waals surface area contributed by atoms with Gasteiger partial charge in [0.15, 0.2) is 0 Å². The van der Waals surface area contributed by atoms with Gasteiger partial charge in [-0.25, -0.2) is 4.98 Å². The molecule has 5 heteroatoms. The normalized spacial score (nSPS) is 14.2. The number of halogens is 1. The zero-order valence-corrected chi connectivity index (χ0v) is 12.7. The molecule has 0 amide bonds. The van der Waals surface area contributed by atoms with Gasteiger partial charge in [0, 0.05) is 6.61 Å². The SMILES string of the molecule is CCOCC(C)n1c(C(C)Cl)nc2c(C#N)cccc21. The van der Waals surface area contributed by atoms with Gasteiger partial charge in [-0.15, -0.1) is 11.6 Å². The highest BCUT2D eigenvalue weighted by Gasteiger charge is 2.20. The van der Waals surface area contributed by atoms with Crippen molar-refractivity contribution in [2.45, 2.75) is 32.2 Å². The van der Waals surface area contributed by atoms with E-state index in [1.807, 2.05) is 26.0 Å². The summed E-state index contributed by atoms with van der Waals surface area (Å²) in [5.41, 5.74) is 2.21. The first kappa shape index (κ1) is 14.8. The summed E-state index contributed by atoms with van der Waals surface area (Å²) in [6, 6.07) is 7.91. The molecule has 0 saturated heterocycles. The van der Waals surface area contributed by atoms with E-state index in [0.717, 1.165) is 11.3 Å². The highest BCUT2D eigenvalue weighted by Crippen LogP contribution is 2.29. The molecular weight excluding hydrogens is 274 g/mol. The number of hydrogen-bond donors (Lipinski definition) is 0. The van der Waals surface area contributed by atoms with Gasteiger partial charge in [-0.05, 0) is 32.9 Å². The molecule has 0 spiro atoms. The minimum Gasteiger partial charge on any atom is -0.380 e. The van der Waals surface area contributed by atoms with E-state index in [2.05, 4.69) is 22.5 Å². The highest BCUT2D eigenvalue weighted by atomic mass is 35.5. The molecule has 0 aliphatic rings. The van der Waals surface area contributed by atoms with E-state index < -0.39 is 0 Å². The van der Waals surface area contributed by atoms with Gasteiger partial charge < -0.3 is 9.30 Å². The summed E-state index contributed by atoms with van der Waals surface area (Å²) in [5.74, 6) is 0.775. The minimum atomic E-state index is -0.224. The number of benzene rings is 1. The lowest BCUT2D eigenvalue weighted by atomic mass is 10.2. The maximum Gasteiger partial charge on any atom is 0.128 e. The molecule has 2 unspecified atom stereocenters. The fourth-order valence-corrected chi connectivity index (χ4v) is 2.49. The number of fused-ring (bicyclic) bond motifs is 1. The molecule has 2 atom stereocenters. The lowest BCUT2D eigenvalue weighted by molar-refractivity contribution is 0.119. The smallest absolute Gasteiger partial charge is 0.128 e. The minimum absolute atomic E-state index is 0.116. The maximum atomic E-state index is 9.20. The molecule has 0 radical (unpaired) electrons. The van der Waals surface area contributed by atoms with Crippen molar-refractivity contribution in [3.63, 3.8) is 0 Å². The van der Waals surface area contributed by atoms with Crippen molar-refractivity contribution in [2.75, 3.05) is 13.2 Å². The van der Waals surface area contributed by atoms with Crippen LogP contribution in [0.5, 0.6) is 0 Å². The van der Waals surface area contributed by atoms with Crippen molar-refractivity contribution < 1.29 is 4.74 Å². The molecule has 0 aliphatic carbocycles. The van der Waals surface area contributed by atoms with E-state index in [0.29, 0.717) is 24.3 Å². The van der Waals surface area contributed by atoms with Gasteiger partial charge in [0.05, 0.1) is 29.1 Å². The number of rotatable bonds is 5. The predicted octanol–water partition coefficient (Wildman–Crippen LogP) is 3.81. The van der Waals surface area contributed by atoms with E-state index in [1.165, 1.54) is 0 Å². The van der Waals surface area contributed by atoms with Crippen LogP contribution < -0.4 is 0 Å². The quantitative estimate of drug-likeness (QED) is 0.787. The third-order valence-corrected chi connectivity index (χ3v) is 3.42. The Morgan fingerprint density at radius 3 is 2.80 bits per heavy atom. The van der Waals surface area contributed by atoms with Gasteiger partial charge in [-0.2, -0.15) is 5.26 Å². The molecule has 20 heavy (non-hydrogen) atoms. The van der Waals surface area contributed by atoms with E-state index in [-0.39, 0.29) is 11.4 Å². The maximum absolute atomic E-state index is 9.20. The van der Waals surface area contributed by atoms with Crippen LogP contribution in [-0.2, 0) is 4.74 Å². The summed E-state index contributed by atoms with van der Waals surface area (Å²) < 4.78 is 7.58. The van der Waals surface area contributed by atoms with Crippen LogP contribution in [0.3, 0.4) is 0 Å². The van der Waals surface area contributed by atoms with E-state index >= 15 is 0 Å². The first-order chi connectivity index (χ1) is 9.60. The van der Waals surface area contributed by atoms with Gasteiger partial charge >= 0.3 is 0 Å². The topological polar surface area (TPSA) is 50.8 Å². The van der Waals surface area contributed by atoms with Crippen LogP contribution in [0.4, 0.5) is 0 Å². The molecule has 1 aromatic carbocycles. The fourth-order valence-electron chi connectivity index (χ4n) is 2.33. The van der Waals surface area contributed by atoms with Crippen LogP contribution in [-0.4, -0.2) is 22.8 Å². The number of alkyl halides is 1. The second-order valence-corrected chi connectivity index (χ2v) is 5.40. The Hall–Kier alpha value is -1.57. The van der Waals surface area contributed by atoms with Crippen molar-refractivity contribution in [1.29, 1.82) is 5.26 Å². The average Bonchev–Trinajstić information content (AvgIpc) is 2.84. The number of ether oxygens (including phenoxy) is 1. The number of para-hydroxylation sites is 1. The summed E-state index contributed by atoms with van der Waals surface area (Å²) >= 11 is 6.25. The van der Waals surface area contributed by atoms with Gasteiger partial charge in [0.25, 0.3) is 0 Å². The molecule has 0 bridgehead atoms. The second kappa shape index (κ2) is 6.25. The first-order valence-corrected chi connectivity index (χ1v) is 7.16. The highest BCUT2D eigenvalue weighted by molar-refractivity contribution is 6.20. The predicted molar refractivity (Wildman–Crippen MR) is 79.9 cm³/mol. The van der Waals surface area contributed by atoms with Crippen molar-refractivity contribution in [1.82, 2.24) is 9.55 Å². The van der Waals surface area contributed by atoms with Crippen molar-refractivity contribution in [3.8, 4) is 6.07 Å². The molecule has 2 rings (SSSR count). The first-order valence-electron chi connectivity index (χ1n) is 6.72. The van der Waals surface area contributed by atoms with Gasteiger partial charge in [0.1, 0.15) is 17.4 Å². The number of aromatic nitrogens is 2. The summed E-state index contributed by atoms with van der Waals surface area (Å²) in [6.45, 7) is 7.19. The van der Waals surface area contributed by atoms with Crippen LogP contribution in [0.2, 0.25) is 0 Å². The Kier molecular flexibility index (Phi) is 4.64. The Labute approximate surface area is 123 Å². The van der Waals surface area contributed by atoms with E-state index in [4.69, 9.17) is 16.3 Å². The van der Waals surface area contributed by atoms with Gasteiger partial charge in [0.2, 0.25) is 0 Å². The molecule has 2 aromatic rings. The summed E-state index contributed by atoms with van der Waals surface area (Å²) in [6.07, 6.45) is 0. The zero-order chi connectivity index (χ0) is 14.7. The molecule has 0 aliphatic heterocycles. The molecule has 0 fully saturated rings. The lowest BCUT2D eigenvalue weighted by Crippen LogP contribution is -2.15. The van der Waals surface area contributed by atoms with Gasteiger partial charge in [-0.3, -0.25) is 0 Å². The number of nitrogens with zero attached hydrogens (tertiary/aromatic N) is 3. The van der Waals surface area contributed by atoms with E-state index in [9.17, 15) is 5.26 Å². The largest absolute Gasteiger partial charge is 0.380 e. The third-order valence-electron chi connectivity index (χ3n) is 3.23. The fraction of sp³-hybridized carbons (Fsp3) is 0.467. The van der Waals surface area contributed by atoms with Crippen molar-refractivity contribution in [3.05, 3.63) is 29.6 Å². The van der Waals surface area contributed by atoms with Crippen LogP contribution in [0.15, 0.2) is 18.2 Å². The summed E-state index contributed by atoms with van der Waals surface area (Å²) in [5, 5.41) is 8.97. The Morgan fingerprint density at radius 1 is 1.45 bits per heavy atom. The monoisotopic (exact) mass is 291 g/mol. The molecule has 4 nitrogen and oxygen atoms in total. The summed E-state index contributed by atoms with van der Waals surface area (Å²) in [7, 11) is 0. The third kappa shape index (κ3) is 2.65.